The fourth-order valence-electron chi connectivity index (χ4n) is 1.94. The lowest BCUT2D eigenvalue weighted by atomic mass is 10.3. The van der Waals surface area contributed by atoms with Gasteiger partial charge in [-0.2, -0.15) is 0 Å². The van der Waals surface area contributed by atoms with Gasteiger partial charge in [-0.05, 0) is 30.3 Å². The lowest BCUT2D eigenvalue weighted by Gasteiger charge is -2.11. The van der Waals surface area contributed by atoms with E-state index < -0.39 is 22.1 Å². The van der Waals surface area contributed by atoms with Gasteiger partial charge >= 0.3 is 6.29 Å². The van der Waals surface area contributed by atoms with Crippen LogP contribution in [0, 0.1) is 0 Å². The van der Waals surface area contributed by atoms with Crippen LogP contribution in [0.2, 0.25) is 10.0 Å². The third-order valence-corrected chi connectivity index (χ3v) is 4.94. The van der Waals surface area contributed by atoms with Crippen molar-refractivity contribution >= 4 is 38.9 Å². The van der Waals surface area contributed by atoms with Crippen LogP contribution in [0.5, 0.6) is 11.5 Å². The normalized spacial score (nSPS) is 15.5. The molecular formula is C13H7Cl2F2NO4S. The summed E-state index contributed by atoms with van der Waals surface area (Å²) >= 11 is 11.6. The Morgan fingerprint density at radius 3 is 2.52 bits per heavy atom. The summed E-state index contributed by atoms with van der Waals surface area (Å²) in [7, 11) is -4.14. The Labute approximate surface area is 139 Å². The van der Waals surface area contributed by atoms with Gasteiger partial charge in [-0.25, -0.2) is 8.42 Å². The highest BCUT2D eigenvalue weighted by molar-refractivity contribution is 7.92. The van der Waals surface area contributed by atoms with Gasteiger partial charge in [0, 0.05) is 5.02 Å². The second-order valence-electron chi connectivity index (χ2n) is 4.48. The summed E-state index contributed by atoms with van der Waals surface area (Å²) in [6, 6.07) is 7.60. The summed E-state index contributed by atoms with van der Waals surface area (Å²) < 4.78 is 61.7. The van der Waals surface area contributed by atoms with E-state index in [1.807, 2.05) is 0 Å². The van der Waals surface area contributed by atoms with Crippen molar-refractivity contribution in [2.75, 3.05) is 4.72 Å². The number of hydrogen-bond donors (Lipinski definition) is 1. The molecule has 0 fully saturated rings. The van der Waals surface area contributed by atoms with Crippen molar-refractivity contribution < 1.29 is 26.7 Å². The molecule has 3 rings (SSSR count). The van der Waals surface area contributed by atoms with E-state index in [0.717, 1.165) is 0 Å². The Morgan fingerprint density at radius 1 is 1.09 bits per heavy atom. The number of fused-ring (bicyclic) bond motifs is 1. The number of ether oxygens (including phenoxy) is 2. The van der Waals surface area contributed by atoms with Crippen molar-refractivity contribution in [3.63, 3.8) is 0 Å². The Hall–Kier alpha value is -1.77. The molecule has 0 amide bonds. The molecule has 5 nitrogen and oxygen atoms in total. The molecule has 1 aliphatic rings. The van der Waals surface area contributed by atoms with Gasteiger partial charge in [0.25, 0.3) is 10.0 Å². The van der Waals surface area contributed by atoms with E-state index in [2.05, 4.69) is 14.2 Å². The summed E-state index contributed by atoms with van der Waals surface area (Å²) in [5.74, 6) is -0.691. The number of halogens is 4. The van der Waals surface area contributed by atoms with Gasteiger partial charge in [0.15, 0.2) is 11.5 Å². The SMILES string of the molecule is O=S(=O)(Nc1cccc2c1OC(F)(F)O2)c1ccc(Cl)cc1Cl. The van der Waals surface area contributed by atoms with E-state index in [1.165, 1.54) is 36.4 Å². The van der Waals surface area contributed by atoms with Crippen LogP contribution < -0.4 is 14.2 Å². The molecule has 23 heavy (non-hydrogen) atoms. The average Bonchev–Trinajstić information content (AvgIpc) is 2.73. The van der Waals surface area contributed by atoms with Crippen LogP contribution in [0.3, 0.4) is 0 Å². The smallest absolute Gasteiger partial charge is 0.395 e. The number of sulfonamides is 1. The molecule has 0 spiro atoms. The molecule has 0 atom stereocenters. The highest BCUT2D eigenvalue weighted by Gasteiger charge is 2.45. The largest absolute Gasteiger partial charge is 0.586 e. The summed E-state index contributed by atoms with van der Waals surface area (Å²) in [6.07, 6.45) is -3.86. The Balaban J connectivity index is 1.99. The van der Waals surface area contributed by atoms with Crippen molar-refractivity contribution in [2.24, 2.45) is 0 Å². The summed E-state index contributed by atoms with van der Waals surface area (Å²) in [5.41, 5.74) is -0.203. The molecular weight excluding hydrogens is 375 g/mol. The zero-order valence-corrected chi connectivity index (χ0v) is 13.3. The summed E-state index contributed by atoms with van der Waals surface area (Å²) in [6.45, 7) is 0. The maximum atomic E-state index is 13.1. The van der Waals surface area contributed by atoms with Crippen LogP contribution in [0.1, 0.15) is 0 Å². The predicted octanol–water partition coefficient (Wildman–Crippen LogP) is 4.12. The molecule has 0 aromatic heterocycles. The molecule has 1 heterocycles. The van der Waals surface area contributed by atoms with Gasteiger partial charge < -0.3 is 9.47 Å². The monoisotopic (exact) mass is 381 g/mol. The molecule has 122 valence electrons. The van der Waals surface area contributed by atoms with E-state index in [4.69, 9.17) is 23.2 Å². The van der Waals surface area contributed by atoms with Gasteiger partial charge in [-0.3, -0.25) is 4.72 Å². The molecule has 2 aromatic rings. The van der Waals surface area contributed by atoms with Gasteiger partial charge in [0.05, 0.1) is 10.7 Å². The number of rotatable bonds is 3. The van der Waals surface area contributed by atoms with Gasteiger partial charge in [0.1, 0.15) is 4.90 Å². The second-order valence-corrected chi connectivity index (χ2v) is 6.98. The number of anilines is 1. The van der Waals surface area contributed by atoms with Crippen molar-refractivity contribution in [1.29, 1.82) is 0 Å². The summed E-state index contributed by atoms with van der Waals surface area (Å²) in [5, 5.41) is 0.144. The van der Waals surface area contributed by atoms with E-state index in [9.17, 15) is 17.2 Å². The van der Waals surface area contributed by atoms with Gasteiger partial charge in [0.2, 0.25) is 0 Å². The summed E-state index contributed by atoms with van der Waals surface area (Å²) in [4.78, 5) is -0.258. The highest BCUT2D eigenvalue weighted by atomic mass is 35.5. The number of hydrogen-bond acceptors (Lipinski definition) is 4. The lowest BCUT2D eigenvalue weighted by molar-refractivity contribution is -0.286. The second kappa shape index (κ2) is 5.40. The van der Waals surface area contributed by atoms with Gasteiger partial charge in [-0.15, -0.1) is 8.78 Å². The predicted molar refractivity (Wildman–Crippen MR) is 79.9 cm³/mol. The lowest BCUT2D eigenvalue weighted by Crippen LogP contribution is -2.26. The van der Waals surface area contributed by atoms with E-state index in [1.54, 1.807) is 0 Å². The first-order valence-electron chi connectivity index (χ1n) is 6.05. The van der Waals surface area contributed by atoms with Crippen LogP contribution in [0.4, 0.5) is 14.5 Å². The third kappa shape index (κ3) is 3.15. The minimum absolute atomic E-state index is 0.111. The van der Waals surface area contributed by atoms with Crippen LogP contribution >= 0.6 is 23.2 Å². The standard InChI is InChI=1S/C13H7Cl2F2NO4S/c14-7-4-5-11(8(15)6-7)23(19,20)18-9-2-1-3-10-12(9)22-13(16,17)21-10/h1-6,18H. The zero-order chi connectivity index (χ0) is 16.8. The quantitative estimate of drug-likeness (QED) is 0.868. The Morgan fingerprint density at radius 2 is 1.83 bits per heavy atom. The fourth-order valence-corrected chi connectivity index (χ4v) is 3.78. The molecule has 0 saturated heterocycles. The molecule has 0 unspecified atom stereocenters. The molecule has 0 saturated carbocycles. The molecule has 1 N–H and O–H groups in total. The first-order valence-corrected chi connectivity index (χ1v) is 8.29. The number of benzene rings is 2. The van der Waals surface area contributed by atoms with Crippen molar-refractivity contribution in [1.82, 2.24) is 0 Å². The highest BCUT2D eigenvalue weighted by Crippen LogP contribution is 2.46. The third-order valence-electron chi connectivity index (χ3n) is 2.86. The molecule has 0 bridgehead atoms. The van der Waals surface area contributed by atoms with Crippen LogP contribution in [0.25, 0.3) is 0 Å². The van der Waals surface area contributed by atoms with E-state index in [-0.39, 0.29) is 26.4 Å². The average molecular weight is 382 g/mol. The maximum Gasteiger partial charge on any atom is 0.586 e. The molecule has 1 aliphatic heterocycles. The number of nitrogens with one attached hydrogen (secondary N) is 1. The van der Waals surface area contributed by atoms with Crippen molar-refractivity contribution in [2.45, 2.75) is 11.2 Å². The topological polar surface area (TPSA) is 64.6 Å². The zero-order valence-electron chi connectivity index (χ0n) is 11.0. The Kier molecular flexibility index (Phi) is 3.78. The Bertz CT molecular complexity index is 890. The van der Waals surface area contributed by atoms with Crippen molar-refractivity contribution in [3.05, 3.63) is 46.4 Å². The molecule has 0 aliphatic carbocycles. The minimum atomic E-state index is -4.14. The number of alkyl halides is 2. The maximum absolute atomic E-state index is 13.1. The molecule has 0 radical (unpaired) electrons. The van der Waals surface area contributed by atoms with Crippen LogP contribution in [0.15, 0.2) is 41.3 Å². The number of para-hydroxylation sites is 1. The first kappa shape index (κ1) is 16.1. The molecule has 10 heteroatoms. The van der Waals surface area contributed by atoms with Crippen LogP contribution in [-0.2, 0) is 10.0 Å². The molecule has 2 aromatic carbocycles. The minimum Gasteiger partial charge on any atom is -0.395 e. The fraction of sp³-hybridized carbons (Fsp3) is 0.0769. The van der Waals surface area contributed by atoms with E-state index in [0.29, 0.717) is 0 Å². The first-order chi connectivity index (χ1) is 10.7. The van der Waals surface area contributed by atoms with Crippen molar-refractivity contribution in [3.8, 4) is 11.5 Å². The van der Waals surface area contributed by atoms with Crippen LogP contribution in [-0.4, -0.2) is 14.7 Å². The van der Waals surface area contributed by atoms with Gasteiger partial charge in [-0.1, -0.05) is 29.3 Å². The van der Waals surface area contributed by atoms with E-state index >= 15 is 0 Å².